The average Bonchev–Trinajstić information content (AvgIpc) is 2.85. The number of ether oxygens (including phenoxy) is 1. The summed E-state index contributed by atoms with van der Waals surface area (Å²) >= 11 is 1.67. The average molecular weight is 307 g/mol. The molecule has 5 nitrogen and oxygen atoms in total. The van der Waals surface area contributed by atoms with Gasteiger partial charge in [-0.15, -0.1) is 11.3 Å². The monoisotopic (exact) mass is 307 g/mol. The molecule has 2 aromatic rings. The Kier molecular flexibility index (Phi) is 4.70. The van der Waals surface area contributed by atoms with Gasteiger partial charge in [0.2, 0.25) is 0 Å². The molecule has 0 unspecified atom stereocenters. The molecule has 1 saturated heterocycles. The van der Waals surface area contributed by atoms with Crippen molar-refractivity contribution in [1.29, 1.82) is 0 Å². The molecule has 114 valence electrons. The number of thiazole rings is 1. The van der Waals surface area contributed by atoms with Crippen LogP contribution in [0.3, 0.4) is 0 Å². The fourth-order valence-corrected chi connectivity index (χ4v) is 3.40. The van der Waals surface area contributed by atoms with Gasteiger partial charge in [0.1, 0.15) is 18.6 Å². The normalized spacial score (nSPS) is 18.0. The van der Waals surface area contributed by atoms with Gasteiger partial charge in [-0.1, -0.05) is 0 Å². The standard InChI is InChI=1S/C15H21N3O2S/c1-10-17-13-8-12(2-3-14(13)21-10)20-9-15(19)18-11-4-6-16-7-5-11/h2-3,8,11,15-16,18-19H,4-7,9H2,1H3/t15-/m0/s1. The lowest BCUT2D eigenvalue weighted by Gasteiger charge is -2.26. The first-order valence-corrected chi connectivity index (χ1v) is 8.17. The Morgan fingerprint density at radius 3 is 3.10 bits per heavy atom. The van der Waals surface area contributed by atoms with Crippen LogP contribution in [0.2, 0.25) is 0 Å². The van der Waals surface area contributed by atoms with E-state index in [1.807, 2.05) is 25.1 Å². The molecule has 1 aliphatic heterocycles. The third-order valence-corrected chi connectivity index (χ3v) is 4.59. The number of hydrogen-bond acceptors (Lipinski definition) is 6. The van der Waals surface area contributed by atoms with Crippen molar-refractivity contribution in [2.24, 2.45) is 0 Å². The Morgan fingerprint density at radius 1 is 1.48 bits per heavy atom. The van der Waals surface area contributed by atoms with E-state index in [9.17, 15) is 5.11 Å². The zero-order chi connectivity index (χ0) is 14.7. The van der Waals surface area contributed by atoms with Crippen LogP contribution in [0.15, 0.2) is 18.2 Å². The Hall–Kier alpha value is -1.21. The van der Waals surface area contributed by atoms with Crippen LogP contribution < -0.4 is 15.4 Å². The molecule has 2 heterocycles. The predicted octanol–water partition coefficient (Wildman–Crippen LogP) is 1.64. The molecule has 1 atom stereocenters. The molecular formula is C15H21N3O2S. The zero-order valence-corrected chi connectivity index (χ0v) is 12.9. The van der Waals surface area contributed by atoms with Crippen molar-refractivity contribution in [1.82, 2.24) is 15.6 Å². The van der Waals surface area contributed by atoms with E-state index in [1.54, 1.807) is 11.3 Å². The highest BCUT2D eigenvalue weighted by Gasteiger charge is 2.16. The molecule has 0 amide bonds. The summed E-state index contributed by atoms with van der Waals surface area (Å²) < 4.78 is 6.82. The lowest BCUT2D eigenvalue weighted by Crippen LogP contribution is -2.46. The van der Waals surface area contributed by atoms with E-state index in [-0.39, 0.29) is 6.61 Å². The van der Waals surface area contributed by atoms with Gasteiger partial charge in [0, 0.05) is 12.1 Å². The second-order valence-corrected chi connectivity index (χ2v) is 6.61. The summed E-state index contributed by atoms with van der Waals surface area (Å²) in [6, 6.07) is 6.24. The number of rotatable bonds is 5. The second-order valence-electron chi connectivity index (χ2n) is 5.38. The first-order chi connectivity index (χ1) is 10.2. The lowest BCUT2D eigenvalue weighted by molar-refractivity contribution is 0.0639. The number of aromatic nitrogens is 1. The predicted molar refractivity (Wildman–Crippen MR) is 84.9 cm³/mol. The van der Waals surface area contributed by atoms with E-state index in [0.717, 1.165) is 46.9 Å². The highest BCUT2D eigenvalue weighted by Crippen LogP contribution is 2.25. The van der Waals surface area contributed by atoms with Crippen LogP contribution in [0.4, 0.5) is 0 Å². The number of benzene rings is 1. The van der Waals surface area contributed by atoms with Gasteiger partial charge in [-0.25, -0.2) is 4.98 Å². The van der Waals surface area contributed by atoms with Crippen molar-refractivity contribution in [3.63, 3.8) is 0 Å². The van der Waals surface area contributed by atoms with Gasteiger partial charge < -0.3 is 15.2 Å². The topological polar surface area (TPSA) is 66.4 Å². The first-order valence-electron chi connectivity index (χ1n) is 7.35. The molecule has 0 radical (unpaired) electrons. The second kappa shape index (κ2) is 6.70. The minimum absolute atomic E-state index is 0.249. The Morgan fingerprint density at radius 2 is 2.29 bits per heavy atom. The number of fused-ring (bicyclic) bond motifs is 1. The third kappa shape index (κ3) is 3.91. The van der Waals surface area contributed by atoms with Crippen LogP contribution in [-0.4, -0.2) is 42.1 Å². The SMILES string of the molecule is Cc1nc2cc(OC[C@H](O)NC3CCNCC3)ccc2s1. The molecule has 0 bridgehead atoms. The fourth-order valence-electron chi connectivity index (χ4n) is 2.60. The van der Waals surface area contributed by atoms with Gasteiger partial charge in [-0.05, 0) is 45.0 Å². The highest BCUT2D eigenvalue weighted by molar-refractivity contribution is 7.18. The van der Waals surface area contributed by atoms with Crippen molar-refractivity contribution in [3.05, 3.63) is 23.2 Å². The molecule has 0 aliphatic carbocycles. The van der Waals surface area contributed by atoms with Crippen molar-refractivity contribution in [2.75, 3.05) is 19.7 Å². The fraction of sp³-hybridized carbons (Fsp3) is 0.533. The maximum atomic E-state index is 10.0. The van der Waals surface area contributed by atoms with Gasteiger partial charge >= 0.3 is 0 Å². The smallest absolute Gasteiger partial charge is 0.139 e. The molecule has 3 N–H and O–H groups in total. The number of nitrogens with one attached hydrogen (secondary N) is 2. The van der Waals surface area contributed by atoms with E-state index in [4.69, 9.17) is 4.74 Å². The molecule has 1 fully saturated rings. The van der Waals surface area contributed by atoms with E-state index in [2.05, 4.69) is 15.6 Å². The summed E-state index contributed by atoms with van der Waals surface area (Å²) in [7, 11) is 0. The minimum Gasteiger partial charge on any atom is -0.489 e. The summed E-state index contributed by atoms with van der Waals surface area (Å²) in [4.78, 5) is 4.45. The van der Waals surface area contributed by atoms with Crippen LogP contribution in [-0.2, 0) is 0 Å². The van der Waals surface area contributed by atoms with Crippen molar-refractivity contribution < 1.29 is 9.84 Å². The number of aryl methyl sites for hydroxylation is 1. The quantitative estimate of drug-likeness (QED) is 0.733. The molecule has 1 aromatic carbocycles. The molecule has 6 heteroatoms. The summed E-state index contributed by atoms with van der Waals surface area (Å²) in [5, 5.41) is 17.6. The van der Waals surface area contributed by atoms with Crippen molar-refractivity contribution in [3.8, 4) is 5.75 Å². The summed E-state index contributed by atoms with van der Waals surface area (Å²) in [5.74, 6) is 0.749. The van der Waals surface area contributed by atoms with Crippen LogP contribution in [0.25, 0.3) is 10.2 Å². The number of hydrogen-bond donors (Lipinski definition) is 3. The zero-order valence-electron chi connectivity index (χ0n) is 12.1. The van der Waals surface area contributed by atoms with Crippen LogP contribution in [0.5, 0.6) is 5.75 Å². The summed E-state index contributed by atoms with van der Waals surface area (Å²) in [6.07, 6.45) is 1.45. The van der Waals surface area contributed by atoms with Crippen LogP contribution in [0, 0.1) is 6.92 Å². The van der Waals surface area contributed by atoms with E-state index in [0.29, 0.717) is 6.04 Å². The van der Waals surface area contributed by atoms with Gasteiger partial charge in [0.15, 0.2) is 0 Å². The third-order valence-electron chi connectivity index (χ3n) is 3.64. The number of nitrogens with zero attached hydrogens (tertiary/aromatic N) is 1. The molecular weight excluding hydrogens is 286 g/mol. The lowest BCUT2D eigenvalue weighted by atomic mass is 10.1. The van der Waals surface area contributed by atoms with Crippen molar-refractivity contribution in [2.45, 2.75) is 32.0 Å². The molecule has 21 heavy (non-hydrogen) atoms. The summed E-state index contributed by atoms with van der Waals surface area (Å²) in [5.41, 5.74) is 0.954. The maximum absolute atomic E-state index is 10.0. The number of aliphatic hydroxyl groups excluding tert-OH is 1. The molecule has 0 spiro atoms. The van der Waals surface area contributed by atoms with Gasteiger partial charge in [-0.3, -0.25) is 5.32 Å². The van der Waals surface area contributed by atoms with E-state index < -0.39 is 6.23 Å². The molecule has 3 rings (SSSR count). The molecule has 1 aromatic heterocycles. The Bertz CT molecular complexity index is 596. The summed E-state index contributed by atoms with van der Waals surface area (Å²) in [6.45, 7) is 4.26. The largest absolute Gasteiger partial charge is 0.489 e. The van der Waals surface area contributed by atoms with Gasteiger partial charge in [0.05, 0.1) is 15.2 Å². The van der Waals surface area contributed by atoms with E-state index >= 15 is 0 Å². The Balaban J connectivity index is 1.52. The van der Waals surface area contributed by atoms with Crippen LogP contribution >= 0.6 is 11.3 Å². The van der Waals surface area contributed by atoms with Gasteiger partial charge in [-0.2, -0.15) is 0 Å². The molecule has 1 aliphatic rings. The maximum Gasteiger partial charge on any atom is 0.139 e. The Labute approximate surface area is 128 Å². The first kappa shape index (κ1) is 14.7. The van der Waals surface area contributed by atoms with E-state index in [1.165, 1.54) is 0 Å². The highest BCUT2D eigenvalue weighted by atomic mass is 32.1. The van der Waals surface area contributed by atoms with Crippen molar-refractivity contribution >= 4 is 21.6 Å². The van der Waals surface area contributed by atoms with Gasteiger partial charge in [0.25, 0.3) is 0 Å². The minimum atomic E-state index is -0.638. The number of piperidine rings is 1. The number of aliphatic hydroxyl groups is 1. The molecule has 0 saturated carbocycles. The van der Waals surface area contributed by atoms with Crippen LogP contribution in [0.1, 0.15) is 17.8 Å².